The molecule has 2 aliphatic heterocycles. The summed E-state index contributed by atoms with van der Waals surface area (Å²) in [7, 11) is -3.59. The molecule has 14 heteroatoms. The van der Waals surface area contributed by atoms with Crippen molar-refractivity contribution in [1.29, 1.82) is 0 Å². The van der Waals surface area contributed by atoms with Crippen molar-refractivity contribution >= 4 is 16.7 Å². The third kappa shape index (κ3) is 5.35. The molecule has 0 atom stereocenters. The van der Waals surface area contributed by atoms with Gasteiger partial charge in [0.15, 0.2) is 11.4 Å². The Morgan fingerprint density at radius 3 is 2.45 bits per heavy atom. The van der Waals surface area contributed by atoms with Crippen LogP contribution in [0.5, 0.6) is 5.75 Å². The number of pyridine rings is 1. The molecule has 4 N–H and O–H groups in total. The fraction of sp³-hybridized carbons (Fsp3) is 0.684. The summed E-state index contributed by atoms with van der Waals surface area (Å²) in [5, 5.41) is 9.17. The van der Waals surface area contributed by atoms with Crippen molar-refractivity contribution in [2.45, 2.75) is 48.7 Å². The first-order valence-corrected chi connectivity index (χ1v) is 11.8. The van der Waals surface area contributed by atoms with Crippen LogP contribution in [0.25, 0.3) is 0 Å². The van der Waals surface area contributed by atoms with Gasteiger partial charge in [0.25, 0.3) is 5.91 Å². The van der Waals surface area contributed by atoms with Crippen LogP contribution in [0.1, 0.15) is 37.3 Å². The number of rotatable bonds is 8. The van der Waals surface area contributed by atoms with Crippen molar-refractivity contribution in [3.63, 3.8) is 0 Å². The second-order valence-electron chi connectivity index (χ2n) is 8.04. The Balaban J connectivity index is 1.61. The number of nitrogens with one attached hydrogen (secondary N) is 1. The average molecular weight is 501 g/mol. The average Bonchev–Trinajstić information content (AvgIpc) is 2.83. The van der Waals surface area contributed by atoms with Crippen LogP contribution in [0.3, 0.4) is 0 Å². The van der Waals surface area contributed by atoms with Crippen LogP contribution in [0.4, 0.5) is 17.6 Å². The molecule has 0 unspecified atom stereocenters. The van der Waals surface area contributed by atoms with Crippen LogP contribution in [0, 0.1) is 0 Å². The van der Waals surface area contributed by atoms with Crippen LogP contribution >= 0.6 is 10.8 Å². The first-order valence-electron chi connectivity index (χ1n) is 10.3. The molecular formula is C19H27F4N3O6S. The first kappa shape index (κ1) is 25.9. The molecule has 1 amide bonds. The van der Waals surface area contributed by atoms with Crippen molar-refractivity contribution in [2.75, 3.05) is 32.9 Å². The van der Waals surface area contributed by atoms with Gasteiger partial charge in [0.2, 0.25) is 0 Å². The number of carbonyl (C=O) groups excluding carboxylic acids is 1. The highest BCUT2D eigenvalue weighted by Crippen LogP contribution is 2.60. The second kappa shape index (κ2) is 10.3. The Bertz CT molecular complexity index is 803. The Morgan fingerprint density at radius 2 is 1.94 bits per heavy atom. The zero-order valence-corrected chi connectivity index (χ0v) is 18.4. The van der Waals surface area contributed by atoms with E-state index in [9.17, 15) is 36.7 Å². The Labute approximate surface area is 189 Å². The molecule has 2 saturated heterocycles. The molecule has 0 bridgehead atoms. The summed E-state index contributed by atoms with van der Waals surface area (Å²) >= 11 is 0. The zero-order valence-electron chi connectivity index (χ0n) is 17.6. The fourth-order valence-electron chi connectivity index (χ4n) is 4.04. The Hall–Kier alpha value is -1.71. The minimum atomic E-state index is -4.26. The first-order chi connectivity index (χ1) is 15.5. The molecule has 2 aliphatic rings. The van der Waals surface area contributed by atoms with Crippen molar-refractivity contribution in [3.05, 3.63) is 24.0 Å². The van der Waals surface area contributed by atoms with E-state index in [-0.39, 0.29) is 50.8 Å². The highest BCUT2D eigenvalue weighted by Gasteiger charge is 2.54. The molecule has 188 valence electrons. The lowest BCUT2D eigenvalue weighted by Crippen LogP contribution is -2.57. The van der Waals surface area contributed by atoms with E-state index in [1.54, 1.807) is 11.5 Å². The summed E-state index contributed by atoms with van der Waals surface area (Å²) in [6.07, 6.45) is -1.60. The number of alkyl halides is 4. The summed E-state index contributed by atoms with van der Waals surface area (Å²) in [6.45, 7) is -0.664. The number of carbonyl (C=O) groups is 1. The number of hydrogen-bond acceptors (Lipinski definition) is 8. The maximum absolute atomic E-state index is 13.0. The molecule has 3 rings (SSSR count). The number of piperidine rings is 1. The number of aromatic nitrogens is 1. The molecule has 0 saturated carbocycles. The minimum absolute atomic E-state index is 0.0509. The fourth-order valence-corrected chi connectivity index (χ4v) is 6.27. The van der Waals surface area contributed by atoms with Gasteiger partial charge in [-0.2, -0.15) is 8.78 Å². The van der Waals surface area contributed by atoms with E-state index < -0.39 is 40.4 Å². The van der Waals surface area contributed by atoms with E-state index in [4.69, 9.17) is 9.47 Å². The van der Waals surface area contributed by atoms with E-state index in [1.165, 1.54) is 16.6 Å². The molecule has 0 aliphatic carbocycles. The van der Waals surface area contributed by atoms with Crippen LogP contribution < -0.4 is 10.2 Å². The standard InChI is InChI=1S/C19H27F4N3O6S/c20-16(21)19(22,23)12-32-14-1-2-15(24-11-14)13-3-7-26(8-4-13)33(29,30)18(17(27)25-28)5-9-31-10-6-18/h1-2,11,13,16,28-30H,3-10,12H2,(H,25,27). The van der Waals surface area contributed by atoms with Gasteiger partial charge in [-0.05, 0) is 25.0 Å². The lowest BCUT2D eigenvalue weighted by atomic mass is 9.94. The van der Waals surface area contributed by atoms with Gasteiger partial charge in [0.1, 0.15) is 5.75 Å². The predicted octanol–water partition coefficient (Wildman–Crippen LogP) is 3.26. The SMILES string of the molecule is O=C(NO)C1(S(O)(O)N2CCC(c3ccc(OCC(F)(F)C(F)F)cn3)CC2)CCOCC1. The highest BCUT2D eigenvalue weighted by molar-refractivity contribution is 8.24. The number of hydroxylamine groups is 1. The smallest absolute Gasteiger partial charge is 0.340 e. The summed E-state index contributed by atoms with van der Waals surface area (Å²) in [6, 6.07) is 2.92. The normalized spacial score (nSPS) is 21.1. The summed E-state index contributed by atoms with van der Waals surface area (Å²) in [5.74, 6) is -5.26. The Kier molecular flexibility index (Phi) is 8.07. The minimum Gasteiger partial charge on any atom is -0.485 e. The molecule has 0 spiro atoms. The van der Waals surface area contributed by atoms with Gasteiger partial charge in [-0.3, -0.25) is 24.1 Å². The number of halogens is 4. The van der Waals surface area contributed by atoms with Crippen molar-refractivity contribution in [1.82, 2.24) is 14.8 Å². The van der Waals surface area contributed by atoms with E-state index in [0.717, 1.165) is 0 Å². The molecule has 3 heterocycles. The maximum Gasteiger partial charge on any atom is 0.340 e. The summed E-state index contributed by atoms with van der Waals surface area (Å²) < 4.78 is 82.4. The van der Waals surface area contributed by atoms with Gasteiger partial charge < -0.3 is 9.47 Å². The van der Waals surface area contributed by atoms with Gasteiger partial charge >= 0.3 is 12.3 Å². The highest BCUT2D eigenvalue weighted by atomic mass is 32.3. The van der Waals surface area contributed by atoms with Crippen molar-refractivity contribution in [2.24, 2.45) is 0 Å². The van der Waals surface area contributed by atoms with Crippen LogP contribution in [-0.4, -0.2) is 79.5 Å². The molecule has 1 aromatic rings. The summed E-state index contributed by atoms with van der Waals surface area (Å²) in [4.78, 5) is 16.6. The topological polar surface area (TPSA) is 124 Å². The van der Waals surface area contributed by atoms with Crippen molar-refractivity contribution in [3.8, 4) is 5.75 Å². The molecule has 2 fully saturated rings. The molecule has 1 aromatic heterocycles. The van der Waals surface area contributed by atoms with Crippen molar-refractivity contribution < 1.29 is 46.1 Å². The summed E-state index contributed by atoms with van der Waals surface area (Å²) in [5.41, 5.74) is 2.17. The maximum atomic E-state index is 13.0. The number of amides is 1. The monoisotopic (exact) mass is 501 g/mol. The van der Waals surface area contributed by atoms with E-state index >= 15 is 0 Å². The molecule has 0 aromatic carbocycles. The van der Waals surface area contributed by atoms with E-state index in [2.05, 4.69) is 4.98 Å². The largest absolute Gasteiger partial charge is 0.485 e. The van der Waals surface area contributed by atoms with Crippen LogP contribution in [0.2, 0.25) is 0 Å². The van der Waals surface area contributed by atoms with Crippen LogP contribution in [-0.2, 0) is 9.53 Å². The molecule has 0 radical (unpaired) electrons. The molecule has 33 heavy (non-hydrogen) atoms. The number of ether oxygens (including phenoxy) is 2. The number of hydrogen-bond donors (Lipinski definition) is 4. The zero-order chi connectivity index (χ0) is 24.3. The predicted molar refractivity (Wildman–Crippen MR) is 110 cm³/mol. The lowest BCUT2D eigenvalue weighted by Gasteiger charge is -2.56. The van der Waals surface area contributed by atoms with E-state index in [1.807, 2.05) is 0 Å². The molecule has 9 nitrogen and oxygen atoms in total. The van der Waals surface area contributed by atoms with E-state index in [0.29, 0.717) is 18.5 Å². The van der Waals surface area contributed by atoms with Gasteiger partial charge in [0, 0.05) is 50.8 Å². The number of nitrogens with zero attached hydrogens (tertiary/aromatic N) is 2. The second-order valence-corrected chi connectivity index (χ2v) is 10.4. The third-order valence-corrected chi connectivity index (χ3v) is 8.81. The Morgan fingerprint density at radius 1 is 1.30 bits per heavy atom. The van der Waals surface area contributed by atoms with Crippen LogP contribution in [0.15, 0.2) is 18.3 Å². The molecular weight excluding hydrogens is 474 g/mol. The third-order valence-electron chi connectivity index (χ3n) is 6.08. The van der Waals surface area contributed by atoms with Gasteiger partial charge in [-0.25, -0.2) is 18.6 Å². The lowest BCUT2D eigenvalue weighted by molar-refractivity contribution is -0.148. The van der Waals surface area contributed by atoms with Gasteiger partial charge in [0.05, 0.1) is 6.20 Å². The van der Waals surface area contributed by atoms with Gasteiger partial charge in [-0.1, -0.05) is 0 Å². The quantitative estimate of drug-likeness (QED) is 0.243. The van der Waals surface area contributed by atoms with Gasteiger partial charge in [-0.15, -0.1) is 10.8 Å².